The van der Waals surface area contributed by atoms with Crippen LogP contribution < -0.4 is 0 Å². The molecule has 7 atom stereocenters. The normalized spacial score (nSPS) is 46.3. The van der Waals surface area contributed by atoms with E-state index in [2.05, 4.69) is 44.2 Å². The average molecular weight is 365 g/mol. The Morgan fingerprint density at radius 3 is 2.56 bits per heavy atom. The molecule has 4 aliphatic rings. The lowest BCUT2D eigenvalue weighted by Gasteiger charge is -2.60. The molecule has 0 bridgehead atoms. The molecule has 0 saturated heterocycles. The largest absolute Gasteiger partial charge is 0.393 e. The number of allylic oxidation sites excluding steroid dienone is 1. The van der Waals surface area contributed by atoms with Crippen LogP contribution in [0.3, 0.4) is 0 Å². The Balaban J connectivity index is 1.58. The second kappa shape index (κ2) is 6.04. The van der Waals surface area contributed by atoms with Crippen molar-refractivity contribution in [2.75, 3.05) is 0 Å². The molecule has 1 unspecified atom stereocenters. The van der Waals surface area contributed by atoms with Gasteiger partial charge in [0.2, 0.25) is 0 Å². The summed E-state index contributed by atoms with van der Waals surface area (Å²) < 4.78 is 0. The quantitative estimate of drug-likeness (QED) is 0.737. The maximum atomic E-state index is 12.6. The molecule has 2 nitrogen and oxygen atoms in total. The Hall–Kier alpha value is -1.41. The summed E-state index contributed by atoms with van der Waals surface area (Å²) in [6.45, 7) is 4.81. The molecule has 0 aromatic heterocycles. The standard InChI is InChI=1S/C25H32O2/c1-24-13-12-21-19(20(24)10-11-23(24)27)9-8-17-14-18(26)15-22(25(17,21)2)16-6-4-3-5-7-16/h3-7,14,19-23,27H,8-13,15H2,1-2H3/t19-,20-,21-,22?,23-,24-,25-/m0/s1. The zero-order valence-corrected chi connectivity index (χ0v) is 16.7. The van der Waals surface area contributed by atoms with E-state index in [1.54, 1.807) is 0 Å². The number of hydrogen-bond donors (Lipinski definition) is 1. The molecule has 2 heteroatoms. The minimum atomic E-state index is -0.119. The highest BCUT2D eigenvalue weighted by Crippen LogP contribution is 2.67. The molecule has 144 valence electrons. The molecule has 5 rings (SSSR count). The van der Waals surface area contributed by atoms with Gasteiger partial charge in [-0.3, -0.25) is 4.79 Å². The highest BCUT2D eigenvalue weighted by atomic mass is 16.3. The number of fused-ring (bicyclic) bond motifs is 5. The van der Waals surface area contributed by atoms with Gasteiger partial charge in [-0.1, -0.05) is 49.8 Å². The maximum absolute atomic E-state index is 12.6. The van der Waals surface area contributed by atoms with E-state index in [0.29, 0.717) is 35.9 Å². The van der Waals surface area contributed by atoms with Crippen LogP contribution in [-0.2, 0) is 4.79 Å². The lowest BCUT2D eigenvalue weighted by atomic mass is 9.44. The summed E-state index contributed by atoms with van der Waals surface area (Å²) in [4.78, 5) is 12.6. The Morgan fingerprint density at radius 1 is 1.00 bits per heavy atom. The van der Waals surface area contributed by atoms with Crippen LogP contribution in [-0.4, -0.2) is 17.0 Å². The van der Waals surface area contributed by atoms with Gasteiger partial charge >= 0.3 is 0 Å². The molecular formula is C25H32O2. The first-order chi connectivity index (χ1) is 12.9. The number of aliphatic hydroxyl groups is 1. The summed E-state index contributed by atoms with van der Waals surface area (Å²) in [7, 11) is 0. The summed E-state index contributed by atoms with van der Waals surface area (Å²) in [5.41, 5.74) is 2.95. The number of aliphatic hydroxyl groups excluding tert-OH is 1. The van der Waals surface area contributed by atoms with Crippen LogP contribution in [0.25, 0.3) is 0 Å². The van der Waals surface area contributed by atoms with Gasteiger partial charge in [-0.2, -0.15) is 0 Å². The number of carbonyl (C=O) groups excluding carboxylic acids is 1. The first kappa shape index (κ1) is 17.7. The van der Waals surface area contributed by atoms with Crippen molar-refractivity contribution in [1.29, 1.82) is 0 Å². The van der Waals surface area contributed by atoms with Crippen molar-refractivity contribution in [3.63, 3.8) is 0 Å². The fourth-order valence-electron chi connectivity index (χ4n) is 7.76. The first-order valence-electron chi connectivity index (χ1n) is 10.9. The van der Waals surface area contributed by atoms with E-state index < -0.39 is 0 Å². The zero-order valence-electron chi connectivity index (χ0n) is 16.7. The average Bonchev–Trinajstić information content (AvgIpc) is 2.97. The van der Waals surface area contributed by atoms with Crippen LogP contribution in [0.2, 0.25) is 0 Å². The fraction of sp³-hybridized carbons (Fsp3) is 0.640. The second-order valence-corrected chi connectivity index (χ2v) is 10.1. The van der Waals surface area contributed by atoms with Crippen molar-refractivity contribution in [2.24, 2.45) is 28.6 Å². The third kappa shape index (κ3) is 2.38. The van der Waals surface area contributed by atoms with Crippen molar-refractivity contribution in [1.82, 2.24) is 0 Å². The molecule has 1 aromatic rings. The van der Waals surface area contributed by atoms with Gasteiger partial charge in [-0.25, -0.2) is 0 Å². The van der Waals surface area contributed by atoms with Crippen LogP contribution in [0.15, 0.2) is 42.0 Å². The molecule has 0 radical (unpaired) electrons. The van der Waals surface area contributed by atoms with Gasteiger partial charge in [0.25, 0.3) is 0 Å². The molecule has 0 spiro atoms. The molecule has 3 fully saturated rings. The second-order valence-electron chi connectivity index (χ2n) is 10.1. The lowest BCUT2D eigenvalue weighted by molar-refractivity contribution is -0.119. The SMILES string of the molecule is C[C@]12CC[C@H]3[C@@H](CCC4=CC(=O)CC(c5ccccc5)[C@@]43C)[C@@H]1CC[C@@H]2O. The Kier molecular flexibility index (Phi) is 3.95. The fourth-order valence-corrected chi connectivity index (χ4v) is 7.76. The number of ketones is 1. The minimum absolute atomic E-state index is 0.0903. The third-order valence-corrected chi connectivity index (χ3v) is 9.26. The van der Waals surface area contributed by atoms with Gasteiger partial charge < -0.3 is 5.11 Å². The van der Waals surface area contributed by atoms with Crippen molar-refractivity contribution in [2.45, 2.75) is 70.8 Å². The number of hydrogen-bond acceptors (Lipinski definition) is 2. The summed E-state index contributed by atoms with van der Waals surface area (Å²) in [6.07, 6.45) is 9.30. The van der Waals surface area contributed by atoms with E-state index in [-0.39, 0.29) is 16.9 Å². The predicted octanol–water partition coefficient (Wildman–Crippen LogP) is 5.27. The third-order valence-electron chi connectivity index (χ3n) is 9.26. The minimum Gasteiger partial charge on any atom is -0.393 e. The Morgan fingerprint density at radius 2 is 1.78 bits per heavy atom. The molecule has 4 aliphatic carbocycles. The highest BCUT2D eigenvalue weighted by Gasteiger charge is 2.60. The van der Waals surface area contributed by atoms with Crippen LogP contribution in [0, 0.1) is 28.6 Å². The Bertz CT molecular complexity index is 781. The molecule has 3 saturated carbocycles. The monoisotopic (exact) mass is 364 g/mol. The molecule has 1 aromatic carbocycles. The van der Waals surface area contributed by atoms with Gasteiger partial charge in [-0.15, -0.1) is 0 Å². The number of carbonyl (C=O) groups is 1. The van der Waals surface area contributed by atoms with E-state index in [4.69, 9.17) is 0 Å². The van der Waals surface area contributed by atoms with E-state index >= 15 is 0 Å². The van der Waals surface area contributed by atoms with Crippen molar-refractivity contribution in [3.05, 3.63) is 47.5 Å². The molecule has 0 aliphatic heterocycles. The van der Waals surface area contributed by atoms with Crippen molar-refractivity contribution < 1.29 is 9.90 Å². The van der Waals surface area contributed by atoms with Gasteiger partial charge in [-0.05, 0) is 78.7 Å². The van der Waals surface area contributed by atoms with Gasteiger partial charge in [0.05, 0.1) is 6.10 Å². The molecule has 0 amide bonds. The number of rotatable bonds is 1. The summed E-state index contributed by atoms with van der Waals surface area (Å²) in [5, 5.41) is 10.7. The van der Waals surface area contributed by atoms with E-state index in [9.17, 15) is 9.90 Å². The molecule has 0 heterocycles. The molecule has 1 N–H and O–H groups in total. The van der Waals surface area contributed by atoms with Gasteiger partial charge in [0, 0.05) is 12.3 Å². The zero-order chi connectivity index (χ0) is 18.8. The van der Waals surface area contributed by atoms with Crippen molar-refractivity contribution in [3.8, 4) is 0 Å². The van der Waals surface area contributed by atoms with E-state index in [1.165, 1.54) is 30.4 Å². The topological polar surface area (TPSA) is 37.3 Å². The van der Waals surface area contributed by atoms with Crippen LogP contribution in [0.5, 0.6) is 0 Å². The summed E-state index contributed by atoms with van der Waals surface area (Å²) in [5.74, 6) is 2.60. The first-order valence-corrected chi connectivity index (χ1v) is 10.9. The predicted molar refractivity (Wildman–Crippen MR) is 107 cm³/mol. The van der Waals surface area contributed by atoms with Crippen LogP contribution in [0.1, 0.15) is 70.3 Å². The van der Waals surface area contributed by atoms with E-state index in [0.717, 1.165) is 19.3 Å². The van der Waals surface area contributed by atoms with Crippen molar-refractivity contribution >= 4 is 5.78 Å². The van der Waals surface area contributed by atoms with Gasteiger partial charge in [0.15, 0.2) is 5.78 Å². The molecular weight excluding hydrogens is 332 g/mol. The lowest BCUT2D eigenvalue weighted by Crippen LogP contribution is -2.53. The Labute approximate surface area is 163 Å². The van der Waals surface area contributed by atoms with Crippen LogP contribution >= 0.6 is 0 Å². The van der Waals surface area contributed by atoms with Crippen LogP contribution in [0.4, 0.5) is 0 Å². The maximum Gasteiger partial charge on any atom is 0.156 e. The highest BCUT2D eigenvalue weighted by molar-refractivity contribution is 5.92. The molecule has 27 heavy (non-hydrogen) atoms. The summed E-state index contributed by atoms with van der Waals surface area (Å²) >= 11 is 0. The smallest absolute Gasteiger partial charge is 0.156 e. The van der Waals surface area contributed by atoms with Gasteiger partial charge in [0.1, 0.15) is 0 Å². The summed E-state index contributed by atoms with van der Waals surface area (Å²) in [6, 6.07) is 10.8. The van der Waals surface area contributed by atoms with E-state index in [1.807, 2.05) is 6.08 Å². The number of benzene rings is 1.